The third kappa shape index (κ3) is 3.85. The lowest BCUT2D eigenvalue weighted by Crippen LogP contribution is -2.21. The third-order valence-corrected chi connectivity index (χ3v) is 3.58. The van der Waals surface area contributed by atoms with E-state index >= 15 is 0 Å². The van der Waals surface area contributed by atoms with Crippen LogP contribution in [0.3, 0.4) is 0 Å². The van der Waals surface area contributed by atoms with Crippen molar-refractivity contribution in [2.75, 3.05) is 11.9 Å². The fourth-order valence-corrected chi connectivity index (χ4v) is 2.35. The van der Waals surface area contributed by atoms with E-state index in [4.69, 9.17) is 9.15 Å². The molecule has 1 aromatic carbocycles. The molecule has 0 spiro atoms. The Morgan fingerprint density at radius 3 is 2.84 bits per heavy atom. The maximum atomic E-state index is 12.4. The fraction of sp³-hybridized carbons (Fsp3) is 0.211. The molecule has 0 aliphatic rings. The third-order valence-electron chi connectivity index (χ3n) is 3.58. The topological polar surface area (TPSA) is 81.4 Å². The Hall–Kier alpha value is -3.15. The van der Waals surface area contributed by atoms with Crippen LogP contribution in [0.2, 0.25) is 0 Å². The van der Waals surface area contributed by atoms with Crippen molar-refractivity contribution < 1.29 is 13.9 Å². The van der Waals surface area contributed by atoms with Crippen LogP contribution in [-0.4, -0.2) is 17.5 Å². The van der Waals surface area contributed by atoms with Crippen molar-refractivity contribution in [3.05, 3.63) is 64.1 Å². The summed E-state index contributed by atoms with van der Waals surface area (Å²) >= 11 is 0. The van der Waals surface area contributed by atoms with E-state index in [-0.39, 0.29) is 5.56 Å². The molecule has 25 heavy (non-hydrogen) atoms. The molecule has 2 heterocycles. The Morgan fingerprint density at radius 2 is 2.08 bits per heavy atom. The lowest BCUT2D eigenvalue weighted by atomic mass is 10.1. The summed E-state index contributed by atoms with van der Waals surface area (Å²) in [7, 11) is 0. The number of carbonyl (C=O) groups excluding carboxylic acids is 1. The number of anilines is 1. The van der Waals surface area contributed by atoms with Crippen LogP contribution >= 0.6 is 0 Å². The maximum absolute atomic E-state index is 12.4. The van der Waals surface area contributed by atoms with E-state index < -0.39 is 11.5 Å². The Balaban J connectivity index is 1.90. The van der Waals surface area contributed by atoms with Crippen LogP contribution in [0.1, 0.15) is 29.3 Å². The molecular weight excluding hydrogens is 320 g/mol. The lowest BCUT2D eigenvalue weighted by Gasteiger charge is -2.07. The van der Waals surface area contributed by atoms with E-state index in [1.54, 1.807) is 30.5 Å². The summed E-state index contributed by atoms with van der Waals surface area (Å²) in [6, 6.07) is 10.2. The highest BCUT2D eigenvalue weighted by Crippen LogP contribution is 2.21. The van der Waals surface area contributed by atoms with Crippen molar-refractivity contribution in [1.29, 1.82) is 0 Å². The van der Waals surface area contributed by atoms with Gasteiger partial charge in [-0.3, -0.25) is 4.79 Å². The lowest BCUT2D eigenvalue weighted by molar-refractivity contribution is 0.102. The van der Waals surface area contributed by atoms with Crippen LogP contribution in [0.5, 0.6) is 5.75 Å². The average Bonchev–Trinajstić information content (AvgIpc) is 2.59. The van der Waals surface area contributed by atoms with Crippen molar-refractivity contribution in [3.63, 3.8) is 0 Å². The molecule has 0 unspecified atom stereocenters. The van der Waals surface area contributed by atoms with Gasteiger partial charge in [0, 0.05) is 17.6 Å². The van der Waals surface area contributed by atoms with Gasteiger partial charge >= 0.3 is 5.63 Å². The molecule has 0 saturated heterocycles. The summed E-state index contributed by atoms with van der Waals surface area (Å²) in [6.07, 6.45) is 2.47. The Morgan fingerprint density at radius 1 is 1.24 bits per heavy atom. The van der Waals surface area contributed by atoms with Gasteiger partial charge in [-0.2, -0.15) is 0 Å². The molecule has 6 nitrogen and oxygen atoms in total. The highest BCUT2D eigenvalue weighted by Gasteiger charge is 2.15. The monoisotopic (exact) mass is 338 g/mol. The van der Waals surface area contributed by atoms with E-state index in [2.05, 4.69) is 10.3 Å². The number of amides is 1. The van der Waals surface area contributed by atoms with Crippen LogP contribution in [0.15, 0.2) is 51.8 Å². The zero-order chi connectivity index (χ0) is 17.8. The van der Waals surface area contributed by atoms with E-state index in [1.807, 2.05) is 19.9 Å². The minimum Gasteiger partial charge on any atom is -0.493 e. The molecule has 6 heteroatoms. The molecular formula is C19H18N2O4. The Labute approximate surface area is 144 Å². The molecule has 0 aliphatic carbocycles. The molecule has 0 atom stereocenters. The molecule has 3 rings (SSSR count). The van der Waals surface area contributed by atoms with Crippen LogP contribution < -0.4 is 15.7 Å². The van der Waals surface area contributed by atoms with E-state index in [0.29, 0.717) is 29.1 Å². The Bertz CT molecular complexity index is 979. The second kappa shape index (κ2) is 7.17. The van der Waals surface area contributed by atoms with E-state index in [9.17, 15) is 9.59 Å². The average molecular weight is 338 g/mol. The van der Waals surface area contributed by atoms with E-state index in [0.717, 1.165) is 12.0 Å². The summed E-state index contributed by atoms with van der Waals surface area (Å²) in [5.74, 6) is 0.450. The SMILES string of the molecule is CCCOc1ccc2cc(C(=O)Nc3cc(C)ccn3)c(=O)oc2c1. The number of carbonyl (C=O) groups is 1. The number of ether oxygens (including phenoxy) is 1. The number of aryl methyl sites for hydroxylation is 1. The molecule has 3 aromatic rings. The summed E-state index contributed by atoms with van der Waals surface area (Å²) in [5.41, 5.74) is 0.558. The van der Waals surface area contributed by atoms with E-state index in [1.165, 1.54) is 6.07 Å². The van der Waals surface area contributed by atoms with Gasteiger partial charge in [0.1, 0.15) is 22.7 Å². The molecule has 2 aromatic heterocycles. The Kier molecular flexibility index (Phi) is 4.79. The first-order chi connectivity index (χ1) is 12.1. The summed E-state index contributed by atoms with van der Waals surface area (Å²) in [5, 5.41) is 3.25. The molecule has 0 radical (unpaired) electrons. The number of hydrogen-bond acceptors (Lipinski definition) is 5. The number of aromatic nitrogens is 1. The van der Waals surface area contributed by atoms with Gasteiger partial charge < -0.3 is 14.5 Å². The van der Waals surface area contributed by atoms with Gasteiger partial charge in [-0.15, -0.1) is 0 Å². The molecule has 0 bridgehead atoms. The zero-order valence-electron chi connectivity index (χ0n) is 14.0. The number of hydrogen-bond donors (Lipinski definition) is 1. The normalized spacial score (nSPS) is 10.6. The highest BCUT2D eigenvalue weighted by atomic mass is 16.5. The molecule has 128 valence electrons. The standard InChI is InChI=1S/C19H18N2O4/c1-3-8-24-14-5-4-13-10-15(19(23)25-16(13)11-14)18(22)21-17-9-12(2)6-7-20-17/h4-7,9-11H,3,8H2,1-2H3,(H,20,21,22). The number of rotatable bonds is 5. The predicted octanol–water partition coefficient (Wildman–Crippen LogP) is 3.54. The number of nitrogens with one attached hydrogen (secondary N) is 1. The van der Waals surface area contributed by atoms with Gasteiger partial charge in [0.25, 0.3) is 5.91 Å². The summed E-state index contributed by atoms with van der Waals surface area (Å²) in [4.78, 5) is 28.6. The largest absolute Gasteiger partial charge is 0.493 e. The van der Waals surface area contributed by atoms with Gasteiger partial charge in [-0.1, -0.05) is 6.92 Å². The first kappa shape index (κ1) is 16.7. The van der Waals surface area contributed by atoms with Gasteiger partial charge in [0.05, 0.1) is 6.61 Å². The zero-order valence-corrected chi connectivity index (χ0v) is 14.0. The first-order valence-electron chi connectivity index (χ1n) is 8.01. The van der Waals surface area contributed by atoms with Crippen LogP contribution in [-0.2, 0) is 0 Å². The molecule has 0 fully saturated rings. The molecule has 0 aliphatic heterocycles. The van der Waals surface area contributed by atoms with Gasteiger partial charge in [0.2, 0.25) is 0 Å². The van der Waals surface area contributed by atoms with Crippen LogP contribution in [0.4, 0.5) is 5.82 Å². The van der Waals surface area contributed by atoms with Crippen LogP contribution in [0.25, 0.3) is 11.0 Å². The van der Waals surface area contributed by atoms with Gasteiger partial charge in [0.15, 0.2) is 0 Å². The molecule has 0 saturated carbocycles. The van der Waals surface area contributed by atoms with Gasteiger partial charge in [-0.25, -0.2) is 9.78 Å². The van der Waals surface area contributed by atoms with Crippen molar-refractivity contribution >= 4 is 22.7 Å². The highest BCUT2D eigenvalue weighted by molar-refractivity contribution is 6.05. The van der Waals surface area contributed by atoms with Crippen molar-refractivity contribution in [3.8, 4) is 5.75 Å². The summed E-state index contributed by atoms with van der Waals surface area (Å²) in [6.45, 7) is 4.48. The predicted molar refractivity (Wildman–Crippen MR) is 95.2 cm³/mol. The second-order valence-electron chi connectivity index (χ2n) is 5.67. The van der Waals surface area contributed by atoms with Crippen LogP contribution in [0, 0.1) is 6.92 Å². The minimum atomic E-state index is -0.703. The smallest absolute Gasteiger partial charge is 0.349 e. The maximum Gasteiger partial charge on any atom is 0.349 e. The van der Waals surface area contributed by atoms with Crippen molar-refractivity contribution in [2.24, 2.45) is 0 Å². The number of nitrogens with zero attached hydrogens (tertiary/aromatic N) is 1. The number of fused-ring (bicyclic) bond motifs is 1. The van der Waals surface area contributed by atoms with Crippen molar-refractivity contribution in [1.82, 2.24) is 4.98 Å². The molecule has 1 amide bonds. The number of benzene rings is 1. The van der Waals surface area contributed by atoms with Gasteiger partial charge in [-0.05, 0) is 49.2 Å². The number of pyridine rings is 1. The fourth-order valence-electron chi connectivity index (χ4n) is 2.35. The quantitative estimate of drug-likeness (QED) is 0.720. The first-order valence-corrected chi connectivity index (χ1v) is 8.01. The minimum absolute atomic E-state index is 0.0713. The second-order valence-corrected chi connectivity index (χ2v) is 5.67. The molecule has 1 N–H and O–H groups in total. The summed E-state index contributed by atoms with van der Waals surface area (Å²) < 4.78 is 10.8. The van der Waals surface area contributed by atoms with Crippen molar-refractivity contribution in [2.45, 2.75) is 20.3 Å².